The summed E-state index contributed by atoms with van der Waals surface area (Å²) in [7, 11) is 1.55. The molecule has 0 unspecified atom stereocenters. The van der Waals surface area contributed by atoms with Gasteiger partial charge in [-0.2, -0.15) is 0 Å². The summed E-state index contributed by atoms with van der Waals surface area (Å²) in [5.74, 6) is 0.812. The Hall–Kier alpha value is -3.02. The molecule has 0 spiro atoms. The minimum Gasteiger partial charge on any atom is -0.493 e. The van der Waals surface area contributed by atoms with Gasteiger partial charge in [-0.15, -0.1) is 0 Å². The Morgan fingerprint density at radius 1 is 1.11 bits per heavy atom. The van der Waals surface area contributed by atoms with Crippen LogP contribution in [0, 0.1) is 5.82 Å². The van der Waals surface area contributed by atoms with Crippen LogP contribution in [0.2, 0.25) is 0 Å². The molecule has 2 aromatic rings. The molecule has 6 heteroatoms. The maximum absolute atomic E-state index is 13.1. The second kappa shape index (κ2) is 8.58. The number of amides is 1. The van der Waals surface area contributed by atoms with Crippen molar-refractivity contribution in [1.29, 1.82) is 0 Å². The Morgan fingerprint density at radius 3 is 2.44 bits per heavy atom. The van der Waals surface area contributed by atoms with Crippen LogP contribution in [0.5, 0.6) is 11.5 Å². The molecule has 1 saturated heterocycles. The molecule has 5 nitrogen and oxygen atoms in total. The first kappa shape index (κ1) is 18.8. The SMILES string of the molecule is C=CCOc1ccc(C(=O)N2CCN(c3ccc(F)cc3)CC2)cc1OC. The standard InChI is InChI=1S/C21H23FN2O3/c1-3-14-27-19-9-4-16(15-20(19)26-2)21(25)24-12-10-23(11-13-24)18-7-5-17(22)6-8-18/h3-9,15H,1,10-14H2,2H3. The van der Waals surface area contributed by atoms with Crippen LogP contribution in [-0.4, -0.2) is 50.7 Å². The van der Waals surface area contributed by atoms with Crippen LogP contribution in [0.25, 0.3) is 0 Å². The minimum atomic E-state index is -0.248. The summed E-state index contributed by atoms with van der Waals surface area (Å²) >= 11 is 0. The molecule has 1 aliphatic rings. The number of hydrogen-bond donors (Lipinski definition) is 0. The number of methoxy groups -OCH3 is 1. The summed E-state index contributed by atoms with van der Waals surface area (Å²) in [6, 6.07) is 11.6. The van der Waals surface area contributed by atoms with Crippen LogP contribution in [0.15, 0.2) is 55.1 Å². The molecule has 1 heterocycles. The number of carbonyl (C=O) groups excluding carboxylic acids is 1. The molecular formula is C21H23FN2O3. The fraction of sp³-hybridized carbons (Fsp3) is 0.286. The maximum atomic E-state index is 13.1. The predicted octanol–water partition coefficient (Wildman–Crippen LogP) is 3.36. The number of anilines is 1. The highest BCUT2D eigenvalue weighted by molar-refractivity contribution is 5.95. The molecule has 142 valence electrons. The van der Waals surface area contributed by atoms with E-state index in [2.05, 4.69) is 11.5 Å². The quantitative estimate of drug-likeness (QED) is 0.732. The molecule has 0 saturated carbocycles. The molecule has 2 aromatic carbocycles. The van der Waals surface area contributed by atoms with Crippen molar-refractivity contribution in [3.63, 3.8) is 0 Å². The van der Waals surface area contributed by atoms with Gasteiger partial charge in [-0.05, 0) is 42.5 Å². The van der Waals surface area contributed by atoms with E-state index in [1.165, 1.54) is 12.1 Å². The number of carbonyl (C=O) groups is 1. The zero-order valence-corrected chi connectivity index (χ0v) is 15.4. The van der Waals surface area contributed by atoms with Gasteiger partial charge in [-0.3, -0.25) is 4.79 Å². The first-order valence-electron chi connectivity index (χ1n) is 8.84. The maximum Gasteiger partial charge on any atom is 0.254 e. The normalized spacial score (nSPS) is 14.0. The van der Waals surface area contributed by atoms with Gasteiger partial charge >= 0.3 is 0 Å². The zero-order valence-electron chi connectivity index (χ0n) is 15.4. The van der Waals surface area contributed by atoms with Crippen LogP contribution in [0.3, 0.4) is 0 Å². The fourth-order valence-electron chi connectivity index (χ4n) is 3.07. The zero-order chi connectivity index (χ0) is 19.2. The summed E-state index contributed by atoms with van der Waals surface area (Å²) in [4.78, 5) is 16.8. The monoisotopic (exact) mass is 370 g/mol. The first-order valence-corrected chi connectivity index (χ1v) is 8.84. The second-order valence-corrected chi connectivity index (χ2v) is 6.22. The number of hydrogen-bond acceptors (Lipinski definition) is 4. The van der Waals surface area contributed by atoms with E-state index < -0.39 is 0 Å². The molecule has 1 fully saturated rings. The van der Waals surface area contributed by atoms with E-state index in [4.69, 9.17) is 9.47 Å². The summed E-state index contributed by atoms with van der Waals surface area (Å²) in [6.45, 7) is 6.61. The van der Waals surface area contributed by atoms with E-state index in [9.17, 15) is 9.18 Å². The third-order valence-corrected chi connectivity index (χ3v) is 4.53. The van der Waals surface area contributed by atoms with Crippen molar-refractivity contribution in [2.24, 2.45) is 0 Å². The lowest BCUT2D eigenvalue weighted by Gasteiger charge is -2.36. The number of nitrogens with zero attached hydrogens (tertiary/aromatic N) is 2. The van der Waals surface area contributed by atoms with Gasteiger partial charge in [0.2, 0.25) is 0 Å². The van der Waals surface area contributed by atoms with Gasteiger partial charge in [0.15, 0.2) is 11.5 Å². The van der Waals surface area contributed by atoms with E-state index in [-0.39, 0.29) is 11.7 Å². The lowest BCUT2D eigenvalue weighted by atomic mass is 10.1. The van der Waals surface area contributed by atoms with Crippen LogP contribution < -0.4 is 14.4 Å². The largest absolute Gasteiger partial charge is 0.493 e. The average molecular weight is 370 g/mol. The van der Waals surface area contributed by atoms with Crippen LogP contribution in [0.1, 0.15) is 10.4 Å². The number of ether oxygens (including phenoxy) is 2. The van der Waals surface area contributed by atoms with Crippen LogP contribution in [-0.2, 0) is 0 Å². The Kier molecular flexibility index (Phi) is 5.96. The summed E-state index contributed by atoms with van der Waals surface area (Å²) < 4.78 is 23.9. The van der Waals surface area contributed by atoms with E-state index in [0.29, 0.717) is 49.8 Å². The van der Waals surface area contributed by atoms with E-state index in [0.717, 1.165) is 5.69 Å². The van der Waals surface area contributed by atoms with E-state index in [1.807, 2.05) is 4.90 Å². The van der Waals surface area contributed by atoms with Crippen LogP contribution >= 0.6 is 0 Å². The first-order chi connectivity index (χ1) is 13.1. The lowest BCUT2D eigenvalue weighted by molar-refractivity contribution is 0.0746. The van der Waals surface area contributed by atoms with E-state index in [1.54, 1.807) is 43.5 Å². The molecule has 0 aliphatic carbocycles. The number of halogens is 1. The predicted molar refractivity (Wildman–Crippen MR) is 103 cm³/mol. The molecule has 0 atom stereocenters. The van der Waals surface area contributed by atoms with E-state index >= 15 is 0 Å². The third-order valence-electron chi connectivity index (χ3n) is 4.53. The minimum absolute atomic E-state index is 0.0395. The Labute approximate surface area is 158 Å². The van der Waals surface area contributed by atoms with Crippen molar-refractivity contribution >= 4 is 11.6 Å². The van der Waals surface area contributed by atoms with Gasteiger partial charge in [-0.1, -0.05) is 12.7 Å². The van der Waals surface area contributed by atoms with Crippen LogP contribution in [0.4, 0.5) is 10.1 Å². The van der Waals surface area contributed by atoms with Gasteiger partial charge in [0.05, 0.1) is 7.11 Å². The number of piperazine rings is 1. The molecule has 0 bridgehead atoms. The third kappa shape index (κ3) is 4.39. The highest BCUT2D eigenvalue weighted by Gasteiger charge is 2.23. The summed E-state index contributed by atoms with van der Waals surface area (Å²) in [5, 5.41) is 0. The molecule has 27 heavy (non-hydrogen) atoms. The van der Waals surface area contributed by atoms with Crippen molar-refractivity contribution < 1.29 is 18.7 Å². The molecule has 1 amide bonds. The van der Waals surface area contributed by atoms with Crippen molar-refractivity contribution in [2.75, 3.05) is 44.8 Å². The summed E-state index contributed by atoms with van der Waals surface area (Å²) in [6.07, 6.45) is 1.65. The second-order valence-electron chi connectivity index (χ2n) is 6.22. The summed E-state index contributed by atoms with van der Waals surface area (Å²) in [5.41, 5.74) is 1.53. The lowest BCUT2D eigenvalue weighted by Crippen LogP contribution is -2.48. The van der Waals surface area contributed by atoms with Gasteiger partial charge in [0.25, 0.3) is 5.91 Å². The molecular weight excluding hydrogens is 347 g/mol. The Morgan fingerprint density at radius 2 is 1.81 bits per heavy atom. The number of benzene rings is 2. The van der Waals surface area contributed by atoms with Gasteiger partial charge in [0.1, 0.15) is 12.4 Å². The van der Waals surface area contributed by atoms with Crippen molar-refractivity contribution in [1.82, 2.24) is 4.90 Å². The van der Waals surface area contributed by atoms with Gasteiger partial charge in [-0.25, -0.2) is 4.39 Å². The molecule has 0 aromatic heterocycles. The van der Waals surface area contributed by atoms with Crippen molar-refractivity contribution in [2.45, 2.75) is 0 Å². The Balaban J connectivity index is 1.65. The fourth-order valence-corrected chi connectivity index (χ4v) is 3.07. The average Bonchev–Trinajstić information content (AvgIpc) is 2.72. The molecule has 0 N–H and O–H groups in total. The molecule has 0 radical (unpaired) electrons. The van der Waals surface area contributed by atoms with Crippen molar-refractivity contribution in [3.05, 3.63) is 66.5 Å². The number of rotatable bonds is 6. The Bertz CT molecular complexity index is 800. The van der Waals surface area contributed by atoms with Gasteiger partial charge < -0.3 is 19.3 Å². The highest BCUT2D eigenvalue weighted by Crippen LogP contribution is 2.29. The molecule has 1 aliphatic heterocycles. The highest BCUT2D eigenvalue weighted by atomic mass is 19.1. The van der Waals surface area contributed by atoms with Gasteiger partial charge in [0, 0.05) is 37.4 Å². The smallest absolute Gasteiger partial charge is 0.254 e. The topological polar surface area (TPSA) is 42.0 Å². The molecule has 3 rings (SSSR count). The van der Waals surface area contributed by atoms with Crippen molar-refractivity contribution in [3.8, 4) is 11.5 Å².